The average Bonchev–Trinajstić information content (AvgIpc) is 2.00. The lowest BCUT2D eigenvalue weighted by Gasteiger charge is -2.38. The summed E-state index contributed by atoms with van der Waals surface area (Å²) < 4.78 is 6.16. The fourth-order valence-electron chi connectivity index (χ4n) is 0.811. The average molecular weight is 279 g/mol. The summed E-state index contributed by atoms with van der Waals surface area (Å²) in [5.74, 6) is 0. The van der Waals surface area contributed by atoms with E-state index in [1.165, 1.54) is 0 Å². The summed E-state index contributed by atoms with van der Waals surface area (Å²) in [5.41, 5.74) is 1.12. The highest BCUT2D eigenvalue weighted by molar-refractivity contribution is 9.09. The molecule has 0 aliphatic carbocycles. The lowest BCUT2D eigenvalue weighted by molar-refractivity contribution is 0.233. The molecule has 0 aromatic heterocycles. The summed E-state index contributed by atoms with van der Waals surface area (Å²) in [7, 11) is -1.63. The molecule has 0 saturated carbocycles. The molecule has 1 atom stereocenters. The van der Waals surface area contributed by atoms with Gasteiger partial charge in [0.05, 0.1) is 6.10 Å². The molecule has 0 amide bonds. The van der Waals surface area contributed by atoms with Crippen LogP contribution in [0.5, 0.6) is 0 Å². The third-order valence-electron chi connectivity index (χ3n) is 3.02. The van der Waals surface area contributed by atoms with E-state index in [-0.39, 0.29) is 11.1 Å². The maximum atomic E-state index is 6.16. The van der Waals surface area contributed by atoms with Gasteiger partial charge in [0.1, 0.15) is 0 Å². The predicted octanol–water partition coefficient (Wildman–Crippen LogP) is 4.35. The first-order chi connectivity index (χ1) is 6.12. The molecule has 0 N–H and O–H groups in total. The van der Waals surface area contributed by atoms with Gasteiger partial charge in [0, 0.05) is 5.33 Å². The van der Waals surface area contributed by atoms with E-state index in [1.54, 1.807) is 0 Å². The molecule has 0 unspecified atom stereocenters. The Labute approximate surface area is 98.2 Å². The number of hydrogen-bond acceptors (Lipinski definition) is 1. The minimum atomic E-state index is -1.63. The van der Waals surface area contributed by atoms with Crippen LogP contribution in [0.15, 0.2) is 12.2 Å². The molecule has 0 spiro atoms. The molecule has 0 heterocycles. The van der Waals surface area contributed by atoms with E-state index in [9.17, 15) is 0 Å². The Balaban J connectivity index is 4.44. The van der Waals surface area contributed by atoms with Crippen LogP contribution in [0.1, 0.15) is 27.7 Å². The van der Waals surface area contributed by atoms with Crippen molar-refractivity contribution in [1.29, 1.82) is 0 Å². The van der Waals surface area contributed by atoms with Crippen molar-refractivity contribution < 1.29 is 4.43 Å². The smallest absolute Gasteiger partial charge is 0.192 e. The minimum absolute atomic E-state index is 0.162. The van der Waals surface area contributed by atoms with Crippen molar-refractivity contribution in [2.24, 2.45) is 0 Å². The quantitative estimate of drug-likeness (QED) is 0.422. The first-order valence-electron chi connectivity index (χ1n) is 5.03. The minimum Gasteiger partial charge on any atom is -0.411 e. The molecule has 0 fully saturated rings. The van der Waals surface area contributed by atoms with Gasteiger partial charge < -0.3 is 4.43 Å². The van der Waals surface area contributed by atoms with Gasteiger partial charge in [-0.15, -0.1) is 0 Å². The number of rotatable bonds is 4. The lowest BCUT2D eigenvalue weighted by atomic mass is 10.2. The molecule has 0 saturated heterocycles. The van der Waals surface area contributed by atoms with Crippen LogP contribution < -0.4 is 0 Å². The van der Waals surface area contributed by atoms with Crippen LogP contribution in [0, 0.1) is 0 Å². The highest BCUT2D eigenvalue weighted by atomic mass is 79.9. The van der Waals surface area contributed by atoms with Crippen molar-refractivity contribution in [1.82, 2.24) is 0 Å². The van der Waals surface area contributed by atoms with Gasteiger partial charge >= 0.3 is 0 Å². The van der Waals surface area contributed by atoms with Gasteiger partial charge in [0.15, 0.2) is 8.32 Å². The van der Waals surface area contributed by atoms with Crippen molar-refractivity contribution in [3.8, 4) is 0 Å². The topological polar surface area (TPSA) is 9.23 Å². The van der Waals surface area contributed by atoms with Crippen molar-refractivity contribution in [2.45, 2.75) is 51.9 Å². The number of hydrogen-bond donors (Lipinski definition) is 0. The van der Waals surface area contributed by atoms with Crippen molar-refractivity contribution >= 4 is 24.2 Å². The summed E-state index contributed by atoms with van der Waals surface area (Å²) in [6.07, 6.45) is 0.162. The highest BCUT2D eigenvalue weighted by Gasteiger charge is 2.38. The van der Waals surface area contributed by atoms with E-state index in [0.29, 0.717) is 0 Å². The van der Waals surface area contributed by atoms with Crippen molar-refractivity contribution in [2.75, 3.05) is 5.33 Å². The van der Waals surface area contributed by atoms with E-state index < -0.39 is 8.32 Å². The van der Waals surface area contributed by atoms with E-state index in [1.807, 2.05) is 0 Å². The number of alkyl halides is 1. The molecule has 0 radical (unpaired) electrons. The molecule has 14 heavy (non-hydrogen) atoms. The first-order valence-corrected chi connectivity index (χ1v) is 9.06. The third kappa shape index (κ3) is 3.87. The highest BCUT2D eigenvalue weighted by Crippen LogP contribution is 2.37. The molecule has 0 aliphatic heterocycles. The van der Waals surface area contributed by atoms with E-state index in [4.69, 9.17) is 4.43 Å². The lowest BCUT2D eigenvalue weighted by Crippen LogP contribution is -2.43. The Morgan fingerprint density at radius 3 is 2.14 bits per heavy atom. The summed E-state index contributed by atoms with van der Waals surface area (Å²) in [4.78, 5) is 0. The molecule has 84 valence electrons. The molecule has 0 aromatic rings. The zero-order valence-corrected chi connectivity index (χ0v) is 12.9. The molecular weight excluding hydrogens is 256 g/mol. The molecule has 0 aromatic carbocycles. The third-order valence-corrected chi connectivity index (χ3v) is 8.30. The van der Waals surface area contributed by atoms with Gasteiger partial charge in [0.25, 0.3) is 0 Å². The van der Waals surface area contributed by atoms with Crippen molar-refractivity contribution in [3.63, 3.8) is 0 Å². The van der Waals surface area contributed by atoms with Crippen LogP contribution in [0.25, 0.3) is 0 Å². The zero-order valence-electron chi connectivity index (χ0n) is 10.3. The normalized spacial score (nSPS) is 15.4. The van der Waals surface area contributed by atoms with Crippen LogP contribution in [-0.2, 0) is 4.43 Å². The van der Waals surface area contributed by atoms with Crippen LogP contribution in [0.2, 0.25) is 18.1 Å². The summed E-state index contributed by atoms with van der Waals surface area (Å²) >= 11 is 3.41. The summed E-state index contributed by atoms with van der Waals surface area (Å²) in [6, 6.07) is 0. The Hall–Kier alpha value is 0.397. The van der Waals surface area contributed by atoms with E-state index in [2.05, 4.69) is 63.3 Å². The molecular formula is C11H23BrOSi. The molecule has 0 bridgehead atoms. The number of halogens is 1. The SMILES string of the molecule is C=C(CBr)[C@@H](C)O[Si](C)(C)C(C)(C)C. The van der Waals surface area contributed by atoms with Gasteiger partial charge in [0.2, 0.25) is 0 Å². The monoisotopic (exact) mass is 278 g/mol. The van der Waals surface area contributed by atoms with Gasteiger partial charge in [-0.2, -0.15) is 0 Å². The fourth-order valence-corrected chi connectivity index (χ4v) is 2.67. The molecule has 3 heteroatoms. The van der Waals surface area contributed by atoms with Gasteiger partial charge in [-0.25, -0.2) is 0 Å². The van der Waals surface area contributed by atoms with Crippen molar-refractivity contribution in [3.05, 3.63) is 12.2 Å². The fraction of sp³-hybridized carbons (Fsp3) is 0.818. The second kappa shape index (κ2) is 4.95. The standard InChI is InChI=1S/C11H23BrOSi/c1-9(8-12)10(2)13-14(6,7)11(3,4)5/h10H,1,8H2,2-7H3/t10-/m1/s1. The maximum Gasteiger partial charge on any atom is 0.192 e. The van der Waals surface area contributed by atoms with Gasteiger partial charge in [-0.1, -0.05) is 43.3 Å². The van der Waals surface area contributed by atoms with Crippen LogP contribution in [0.4, 0.5) is 0 Å². The summed E-state index contributed by atoms with van der Waals surface area (Å²) in [5, 5.41) is 1.09. The Morgan fingerprint density at radius 1 is 1.43 bits per heavy atom. The first kappa shape index (κ1) is 14.4. The van der Waals surface area contributed by atoms with Gasteiger partial charge in [-0.3, -0.25) is 0 Å². The van der Waals surface area contributed by atoms with Crippen LogP contribution in [-0.4, -0.2) is 19.8 Å². The van der Waals surface area contributed by atoms with Crippen LogP contribution >= 0.6 is 15.9 Å². The Morgan fingerprint density at radius 2 is 1.86 bits per heavy atom. The molecule has 0 aliphatic rings. The largest absolute Gasteiger partial charge is 0.411 e. The predicted molar refractivity (Wildman–Crippen MR) is 70.7 cm³/mol. The van der Waals surface area contributed by atoms with Crippen LogP contribution in [0.3, 0.4) is 0 Å². The summed E-state index contributed by atoms with van der Waals surface area (Å²) in [6.45, 7) is 17.4. The Bertz CT molecular complexity index is 206. The van der Waals surface area contributed by atoms with E-state index >= 15 is 0 Å². The Kier molecular flexibility index (Phi) is 5.09. The maximum absolute atomic E-state index is 6.16. The molecule has 1 nitrogen and oxygen atoms in total. The second-order valence-electron chi connectivity index (χ2n) is 5.31. The van der Waals surface area contributed by atoms with Gasteiger partial charge in [-0.05, 0) is 30.6 Å². The second-order valence-corrected chi connectivity index (χ2v) is 10.6. The zero-order chi connectivity index (χ0) is 11.6. The van der Waals surface area contributed by atoms with E-state index in [0.717, 1.165) is 10.9 Å². The molecule has 0 rings (SSSR count).